The molecule has 0 amide bonds. The summed E-state index contributed by atoms with van der Waals surface area (Å²) in [5.41, 5.74) is 6.67. The maximum absolute atomic E-state index is 5.54. The third-order valence-electron chi connectivity index (χ3n) is 3.89. The van der Waals surface area contributed by atoms with Gasteiger partial charge in [0, 0.05) is 37.9 Å². The monoisotopic (exact) mass is 277 g/mol. The van der Waals surface area contributed by atoms with Gasteiger partial charge in [0.15, 0.2) is 0 Å². The number of anilines is 1. The van der Waals surface area contributed by atoms with Crippen LogP contribution in [-0.4, -0.2) is 54.1 Å². The third-order valence-corrected chi connectivity index (χ3v) is 3.89. The first-order chi connectivity index (χ1) is 9.70. The molecule has 1 aromatic heterocycles. The molecule has 0 aliphatic carbocycles. The van der Waals surface area contributed by atoms with Crippen LogP contribution in [0.2, 0.25) is 0 Å². The first-order valence-electron chi connectivity index (χ1n) is 7.70. The molecule has 0 unspecified atom stereocenters. The van der Waals surface area contributed by atoms with Gasteiger partial charge >= 0.3 is 0 Å². The van der Waals surface area contributed by atoms with E-state index < -0.39 is 0 Å². The molecule has 0 spiro atoms. The summed E-state index contributed by atoms with van der Waals surface area (Å²) in [6.45, 7) is 10.7. The van der Waals surface area contributed by atoms with Crippen molar-refractivity contribution in [2.75, 3.05) is 44.2 Å². The number of hydrogen-bond donors (Lipinski definition) is 1. The normalized spacial score (nSPS) is 16.9. The standard InChI is InChI=1S/C15H27N5/c1-13(2)14-11-15(18-12-17-14)20-9-7-19(8-10-20)6-4-3-5-16/h11-13H,3-10,16H2,1-2H3. The Kier molecular flexibility index (Phi) is 5.73. The summed E-state index contributed by atoms with van der Waals surface area (Å²) in [6, 6.07) is 2.13. The summed E-state index contributed by atoms with van der Waals surface area (Å²) in [5.74, 6) is 1.53. The quantitative estimate of drug-likeness (QED) is 0.798. The van der Waals surface area contributed by atoms with Crippen molar-refractivity contribution in [2.45, 2.75) is 32.6 Å². The second kappa shape index (κ2) is 7.55. The molecule has 1 saturated heterocycles. The van der Waals surface area contributed by atoms with Gasteiger partial charge in [-0.3, -0.25) is 4.90 Å². The van der Waals surface area contributed by atoms with Gasteiger partial charge in [-0.15, -0.1) is 0 Å². The molecule has 0 bridgehead atoms. The van der Waals surface area contributed by atoms with Crippen LogP contribution in [0, 0.1) is 0 Å². The van der Waals surface area contributed by atoms with Gasteiger partial charge in [-0.05, 0) is 31.8 Å². The number of aromatic nitrogens is 2. The Morgan fingerprint density at radius 2 is 1.90 bits per heavy atom. The van der Waals surface area contributed by atoms with Crippen molar-refractivity contribution in [1.82, 2.24) is 14.9 Å². The maximum Gasteiger partial charge on any atom is 0.132 e. The molecule has 2 N–H and O–H groups in total. The molecular formula is C15H27N5. The van der Waals surface area contributed by atoms with Crippen LogP contribution in [-0.2, 0) is 0 Å². The highest BCUT2D eigenvalue weighted by Crippen LogP contribution is 2.18. The second-order valence-electron chi connectivity index (χ2n) is 5.78. The Bertz CT molecular complexity index is 399. The van der Waals surface area contributed by atoms with Crippen molar-refractivity contribution in [3.63, 3.8) is 0 Å². The predicted molar refractivity (Wildman–Crippen MR) is 83.1 cm³/mol. The Hall–Kier alpha value is -1.20. The van der Waals surface area contributed by atoms with Gasteiger partial charge < -0.3 is 10.6 Å². The number of nitrogens with two attached hydrogens (primary N) is 1. The van der Waals surface area contributed by atoms with Crippen LogP contribution in [0.15, 0.2) is 12.4 Å². The summed E-state index contributed by atoms with van der Waals surface area (Å²) in [5, 5.41) is 0. The minimum atomic E-state index is 0.453. The van der Waals surface area contributed by atoms with E-state index >= 15 is 0 Å². The molecular weight excluding hydrogens is 250 g/mol. The molecule has 5 nitrogen and oxygen atoms in total. The highest BCUT2D eigenvalue weighted by Gasteiger charge is 2.18. The highest BCUT2D eigenvalue weighted by molar-refractivity contribution is 5.40. The van der Waals surface area contributed by atoms with Crippen molar-refractivity contribution in [3.8, 4) is 0 Å². The number of hydrogen-bond acceptors (Lipinski definition) is 5. The SMILES string of the molecule is CC(C)c1cc(N2CCN(CCCCN)CC2)ncn1. The zero-order valence-electron chi connectivity index (χ0n) is 12.8. The molecule has 0 saturated carbocycles. The van der Waals surface area contributed by atoms with Gasteiger partial charge in [0.05, 0.1) is 0 Å². The van der Waals surface area contributed by atoms with Crippen molar-refractivity contribution < 1.29 is 0 Å². The largest absolute Gasteiger partial charge is 0.354 e. The van der Waals surface area contributed by atoms with Crippen LogP contribution in [0.5, 0.6) is 0 Å². The Balaban J connectivity index is 1.85. The highest BCUT2D eigenvalue weighted by atomic mass is 15.3. The minimum absolute atomic E-state index is 0.453. The maximum atomic E-state index is 5.54. The summed E-state index contributed by atoms with van der Waals surface area (Å²) in [6.07, 6.45) is 4.03. The summed E-state index contributed by atoms with van der Waals surface area (Å²) < 4.78 is 0. The lowest BCUT2D eigenvalue weighted by atomic mass is 10.1. The van der Waals surface area contributed by atoms with Crippen LogP contribution >= 0.6 is 0 Å². The molecule has 0 atom stereocenters. The molecule has 1 aliphatic rings. The van der Waals surface area contributed by atoms with Crippen LogP contribution < -0.4 is 10.6 Å². The Morgan fingerprint density at radius 3 is 2.55 bits per heavy atom. The van der Waals surface area contributed by atoms with E-state index in [2.05, 4.69) is 39.7 Å². The van der Waals surface area contributed by atoms with Crippen LogP contribution in [0.4, 0.5) is 5.82 Å². The fraction of sp³-hybridized carbons (Fsp3) is 0.733. The zero-order chi connectivity index (χ0) is 14.4. The summed E-state index contributed by atoms with van der Waals surface area (Å²) in [4.78, 5) is 13.7. The van der Waals surface area contributed by atoms with E-state index in [1.165, 1.54) is 13.0 Å². The average Bonchev–Trinajstić information content (AvgIpc) is 2.48. The van der Waals surface area contributed by atoms with Gasteiger partial charge in [-0.25, -0.2) is 9.97 Å². The predicted octanol–water partition coefficient (Wildman–Crippen LogP) is 1.46. The fourth-order valence-electron chi connectivity index (χ4n) is 2.53. The lowest BCUT2D eigenvalue weighted by molar-refractivity contribution is 0.253. The second-order valence-corrected chi connectivity index (χ2v) is 5.78. The van der Waals surface area contributed by atoms with Gasteiger partial charge in [-0.2, -0.15) is 0 Å². The molecule has 1 aliphatic heterocycles. The molecule has 0 radical (unpaired) electrons. The first-order valence-corrected chi connectivity index (χ1v) is 7.70. The number of nitrogens with zero attached hydrogens (tertiary/aromatic N) is 4. The summed E-state index contributed by atoms with van der Waals surface area (Å²) >= 11 is 0. The zero-order valence-corrected chi connectivity index (χ0v) is 12.8. The first kappa shape index (κ1) is 15.2. The van der Waals surface area contributed by atoms with E-state index in [4.69, 9.17) is 5.73 Å². The number of unbranched alkanes of at least 4 members (excludes halogenated alkanes) is 1. The fourth-order valence-corrected chi connectivity index (χ4v) is 2.53. The molecule has 1 aromatic rings. The van der Waals surface area contributed by atoms with Gasteiger partial charge in [0.1, 0.15) is 12.1 Å². The Labute approximate surface area is 122 Å². The van der Waals surface area contributed by atoms with Crippen molar-refractivity contribution in [1.29, 1.82) is 0 Å². The van der Waals surface area contributed by atoms with Crippen molar-refractivity contribution in [2.24, 2.45) is 5.73 Å². The van der Waals surface area contributed by atoms with E-state index in [-0.39, 0.29) is 0 Å². The molecule has 1 fully saturated rings. The van der Waals surface area contributed by atoms with Crippen LogP contribution in [0.25, 0.3) is 0 Å². The van der Waals surface area contributed by atoms with Gasteiger partial charge in [-0.1, -0.05) is 13.8 Å². The molecule has 20 heavy (non-hydrogen) atoms. The number of piperazine rings is 1. The molecule has 2 rings (SSSR count). The van der Waals surface area contributed by atoms with Crippen molar-refractivity contribution in [3.05, 3.63) is 18.1 Å². The number of rotatable bonds is 6. The van der Waals surface area contributed by atoms with E-state index in [1.54, 1.807) is 6.33 Å². The Morgan fingerprint density at radius 1 is 1.15 bits per heavy atom. The van der Waals surface area contributed by atoms with E-state index in [1.807, 2.05) is 0 Å². The van der Waals surface area contributed by atoms with Gasteiger partial charge in [0.25, 0.3) is 0 Å². The lowest BCUT2D eigenvalue weighted by Gasteiger charge is -2.35. The molecule has 2 heterocycles. The average molecular weight is 277 g/mol. The topological polar surface area (TPSA) is 58.3 Å². The minimum Gasteiger partial charge on any atom is -0.354 e. The smallest absolute Gasteiger partial charge is 0.132 e. The molecule has 0 aromatic carbocycles. The molecule has 112 valence electrons. The van der Waals surface area contributed by atoms with Crippen LogP contribution in [0.3, 0.4) is 0 Å². The lowest BCUT2D eigenvalue weighted by Crippen LogP contribution is -2.47. The van der Waals surface area contributed by atoms with Crippen molar-refractivity contribution >= 4 is 5.82 Å². The van der Waals surface area contributed by atoms with E-state index in [9.17, 15) is 0 Å². The van der Waals surface area contributed by atoms with E-state index in [0.29, 0.717) is 5.92 Å². The summed E-state index contributed by atoms with van der Waals surface area (Å²) in [7, 11) is 0. The van der Waals surface area contributed by atoms with E-state index in [0.717, 1.165) is 50.7 Å². The molecule has 5 heteroatoms. The van der Waals surface area contributed by atoms with Crippen LogP contribution in [0.1, 0.15) is 38.3 Å². The third kappa shape index (κ3) is 4.15. The van der Waals surface area contributed by atoms with Gasteiger partial charge in [0.2, 0.25) is 0 Å².